The molecule has 0 saturated carbocycles. The van der Waals surface area contributed by atoms with Gasteiger partial charge in [-0.1, -0.05) is 40.9 Å². The molecule has 0 radical (unpaired) electrons. The van der Waals surface area contributed by atoms with E-state index < -0.39 is 35.3 Å². The summed E-state index contributed by atoms with van der Waals surface area (Å²) >= 11 is 12.2. The third kappa shape index (κ3) is 6.24. The first kappa shape index (κ1) is 28.6. The van der Waals surface area contributed by atoms with Crippen LogP contribution in [0.2, 0.25) is 10.0 Å². The number of halogens is 5. The summed E-state index contributed by atoms with van der Waals surface area (Å²) in [6.07, 6.45) is -3.60. The molecule has 4 aromatic rings. The van der Waals surface area contributed by atoms with Gasteiger partial charge in [0.25, 0.3) is 17.7 Å². The molecule has 206 valence electrons. The number of carbonyl (C=O) groups is 3. The fourth-order valence-electron chi connectivity index (χ4n) is 3.60. The molecular weight excluding hydrogens is 572 g/mol. The number of amides is 3. The number of alkyl halides is 3. The molecule has 3 amide bonds. The van der Waals surface area contributed by atoms with Gasteiger partial charge in [0.15, 0.2) is 11.5 Å². The summed E-state index contributed by atoms with van der Waals surface area (Å²) in [4.78, 5) is 42.7. The van der Waals surface area contributed by atoms with Gasteiger partial charge in [0, 0.05) is 22.8 Å². The Kier molecular flexibility index (Phi) is 8.12. The molecule has 2 aromatic carbocycles. The molecule has 0 aliphatic heterocycles. The molecule has 0 spiro atoms. The van der Waals surface area contributed by atoms with Crippen molar-refractivity contribution in [2.24, 2.45) is 0 Å². The molecule has 0 unspecified atom stereocenters. The Morgan fingerprint density at radius 2 is 1.57 bits per heavy atom. The van der Waals surface area contributed by atoms with Crippen molar-refractivity contribution >= 4 is 46.6 Å². The molecular formula is C26H19Cl2F3N6O3. The highest BCUT2D eigenvalue weighted by atomic mass is 35.5. The standard InChI is InChI=1S/C26H19Cl2F3N6O3/c1-13-5-7-15(8-6-13)23(38)34-35-24(39)17-11-16(27)10-14(2)21(17)33-25(40)19-12-20(26(29,30)31)36-37(19)22-18(28)4-3-9-32-22/h3-12H,1-2H3,(H,33,40)(H,34,38)(H,35,39). The van der Waals surface area contributed by atoms with Crippen LogP contribution in [0.5, 0.6) is 0 Å². The van der Waals surface area contributed by atoms with Crippen molar-refractivity contribution in [3.63, 3.8) is 0 Å². The number of nitrogens with zero attached hydrogens (tertiary/aromatic N) is 3. The largest absolute Gasteiger partial charge is 0.435 e. The van der Waals surface area contributed by atoms with Crippen molar-refractivity contribution in [2.75, 3.05) is 5.32 Å². The number of hydrogen-bond acceptors (Lipinski definition) is 5. The topological polar surface area (TPSA) is 118 Å². The lowest BCUT2D eigenvalue weighted by Crippen LogP contribution is -2.42. The summed E-state index contributed by atoms with van der Waals surface area (Å²) < 4.78 is 41.1. The summed E-state index contributed by atoms with van der Waals surface area (Å²) in [6.45, 7) is 3.37. The molecule has 0 saturated heterocycles. The molecule has 0 bridgehead atoms. The van der Waals surface area contributed by atoms with E-state index in [1.54, 1.807) is 24.3 Å². The molecule has 0 aliphatic carbocycles. The molecule has 2 aromatic heterocycles. The number of hydrazine groups is 1. The maximum Gasteiger partial charge on any atom is 0.435 e. The molecule has 2 heterocycles. The minimum atomic E-state index is -4.88. The summed E-state index contributed by atoms with van der Waals surface area (Å²) in [5.41, 5.74) is 3.90. The summed E-state index contributed by atoms with van der Waals surface area (Å²) in [6, 6.07) is 12.6. The van der Waals surface area contributed by atoms with Crippen LogP contribution in [0, 0.1) is 13.8 Å². The Morgan fingerprint density at radius 1 is 0.900 bits per heavy atom. The van der Waals surface area contributed by atoms with E-state index >= 15 is 0 Å². The van der Waals surface area contributed by atoms with Crippen molar-refractivity contribution < 1.29 is 27.6 Å². The molecule has 4 rings (SSSR count). The first-order valence-corrected chi connectivity index (χ1v) is 12.2. The number of benzene rings is 2. The van der Waals surface area contributed by atoms with E-state index in [1.165, 1.54) is 37.4 Å². The SMILES string of the molecule is Cc1ccc(C(=O)NNC(=O)c2cc(Cl)cc(C)c2NC(=O)c2cc(C(F)(F)F)nn2-c2ncccc2Cl)cc1. The predicted molar refractivity (Wildman–Crippen MR) is 142 cm³/mol. The number of hydrogen-bond donors (Lipinski definition) is 3. The smallest absolute Gasteiger partial charge is 0.320 e. The van der Waals surface area contributed by atoms with E-state index in [2.05, 4.69) is 26.3 Å². The van der Waals surface area contributed by atoms with Crippen molar-refractivity contribution in [1.29, 1.82) is 0 Å². The van der Waals surface area contributed by atoms with Gasteiger partial charge >= 0.3 is 6.18 Å². The third-order valence-electron chi connectivity index (χ3n) is 5.56. The molecule has 9 nitrogen and oxygen atoms in total. The normalized spacial score (nSPS) is 11.2. The van der Waals surface area contributed by atoms with E-state index in [-0.39, 0.29) is 32.7 Å². The van der Waals surface area contributed by atoms with Crippen LogP contribution in [0.3, 0.4) is 0 Å². The summed E-state index contributed by atoms with van der Waals surface area (Å²) in [7, 11) is 0. The van der Waals surface area contributed by atoms with Crippen LogP contribution >= 0.6 is 23.2 Å². The Bertz CT molecular complexity index is 1620. The van der Waals surface area contributed by atoms with E-state index in [9.17, 15) is 27.6 Å². The Hall–Kier alpha value is -4.42. The lowest BCUT2D eigenvalue weighted by molar-refractivity contribution is -0.141. The Morgan fingerprint density at radius 3 is 2.23 bits per heavy atom. The van der Waals surface area contributed by atoms with Crippen LogP contribution in [0.15, 0.2) is 60.8 Å². The number of pyridine rings is 1. The van der Waals surface area contributed by atoms with Gasteiger partial charge in [-0.25, -0.2) is 9.67 Å². The highest BCUT2D eigenvalue weighted by molar-refractivity contribution is 6.32. The van der Waals surface area contributed by atoms with Gasteiger partial charge in [-0.05, 0) is 55.8 Å². The first-order valence-electron chi connectivity index (χ1n) is 11.4. The minimum Gasteiger partial charge on any atom is -0.320 e. The summed E-state index contributed by atoms with van der Waals surface area (Å²) in [5.74, 6) is -2.71. The second-order valence-electron chi connectivity index (χ2n) is 8.51. The van der Waals surface area contributed by atoms with E-state index in [0.717, 1.165) is 5.56 Å². The van der Waals surface area contributed by atoms with E-state index in [0.29, 0.717) is 16.3 Å². The fraction of sp³-hybridized carbons (Fsp3) is 0.115. The van der Waals surface area contributed by atoms with Crippen LogP contribution in [0.4, 0.5) is 18.9 Å². The van der Waals surface area contributed by atoms with Crippen LogP contribution in [-0.2, 0) is 6.18 Å². The summed E-state index contributed by atoms with van der Waals surface area (Å²) in [5, 5.41) is 6.02. The van der Waals surface area contributed by atoms with Gasteiger partial charge in [-0.3, -0.25) is 25.2 Å². The quantitative estimate of drug-likeness (QED) is 0.264. The second-order valence-corrected chi connectivity index (χ2v) is 9.35. The van der Waals surface area contributed by atoms with Gasteiger partial charge in [0.2, 0.25) is 0 Å². The lowest BCUT2D eigenvalue weighted by atomic mass is 10.1. The Labute approximate surface area is 235 Å². The number of anilines is 1. The van der Waals surface area contributed by atoms with Crippen molar-refractivity contribution in [1.82, 2.24) is 25.6 Å². The minimum absolute atomic E-state index is 0.0552. The predicted octanol–water partition coefficient (Wildman–Crippen LogP) is 5.54. The fourth-order valence-corrected chi connectivity index (χ4v) is 4.07. The van der Waals surface area contributed by atoms with Gasteiger partial charge < -0.3 is 5.32 Å². The molecule has 0 atom stereocenters. The molecule has 40 heavy (non-hydrogen) atoms. The van der Waals surface area contributed by atoms with Crippen LogP contribution in [0.1, 0.15) is 48.0 Å². The van der Waals surface area contributed by atoms with Gasteiger partial charge in [-0.15, -0.1) is 0 Å². The maximum absolute atomic E-state index is 13.5. The van der Waals surface area contributed by atoms with Crippen LogP contribution in [-0.4, -0.2) is 32.5 Å². The average Bonchev–Trinajstić information content (AvgIpc) is 3.35. The average molecular weight is 591 g/mol. The zero-order chi connectivity index (χ0) is 29.2. The number of nitrogens with one attached hydrogen (secondary N) is 3. The van der Waals surface area contributed by atoms with Crippen molar-refractivity contribution in [2.45, 2.75) is 20.0 Å². The Balaban J connectivity index is 1.65. The van der Waals surface area contributed by atoms with Gasteiger partial charge in [0.1, 0.15) is 5.69 Å². The van der Waals surface area contributed by atoms with Gasteiger partial charge in [0.05, 0.1) is 16.3 Å². The monoisotopic (exact) mass is 590 g/mol. The molecule has 0 aliphatic rings. The molecule has 3 N–H and O–H groups in total. The van der Waals surface area contributed by atoms with Crippen LogP contribution in [0.25, 0.3) is 5.82 Å². The van der Waals surface area contributed by atoms with E-state index in [4.69, 9.17) is 23.2 Å². The highest BCUT2D eigenvalue weighted by Crippen LogP contribution is 2.31. The number of carbonyl (C=O) groups excluding carboxylic acids is 3. The first-order chi connectivity index (χ1) is 18.8. The molecule has 14 heteroatoms. The molecule has 0 fully saturated rings. The lowest BCUT2D eigenvalue weighted by Gasteiger charge is -2.16. The number of rotatable bonds is 5. The highest BCUT2D eigenvalue weighted by Gasteiger charge is 2.37. The zero-order valence-corrected chi connectivity index (χ0v) is 22.2. The maximum atomic E-state index is 13.5. The zero-order valence-electron chi connectivity index (χ0n) is 20.7. The van der Waals surface area contributed by atoms with Gasteiger partial charge in [-0.2, -0.15) is 18.3 Å². The van der Waals surface area contributed by atoms with Crippen molar-refractivity contribution in [3.05, 3.63) is 104 Å². The van der Waals surface area contributed by atoms with E-state index in [1.807, 2.05) is 6.92 Å². The van der Waals surface area contributed by atoms with Crippen LogP contribution < -0.4 is 16.2 Å². The number of aryl methyl sites for hydroxylation is 2. The van der Waals surface area contributed by atoms with Crippen molar-refractivity contribution in [3.8, 4) is 5.82 Å². The third-order valence-corrected chi connectivity index (χ3v) is 6.07. The number of aromatic nitrogens is 3. The second kappa shape index (κ2) is 11.4.